The van der Waals surface area contributed by atoms with Gasteiger partial charge in [-0.25, -0.2) is 10.1 Å². The Morgan fingerprint density at radius 3 is 2.90 bits per heavy atom. The maximum Gasteiger partial charge on any atom is 0.283 e. The number of rotatable bonds is 2. The van der Waals surface area contributed by atoms with E-state index in [1.807, 2.05) is 35.9 Å². The predicted molar refractivity (Wildman–Crippen MR) is 78.0 cm³/mol. The van der Waals surface area contributed by atoms with Crippen molar-refractivity contribution in [2.24, 2.45) is 7.05 Å². The zero-order chi connectivity index (χ0) is 15.0. The van der Waals surface area contributed by atoms with Crippen molar-refractivity contribution in [2.45, 2.75) is 5.92 Å². The smallest absolute Gasteiger partial charge is 0.283 e. The minimum atomic E-state index is -0.760. The van der Waals surface area contributed by atoms with Crippen molar-refractivity contribution in [3.63, 3.8) is 0 Å². The summed E-state index contributed by atoms with van der Waals surface area (Å²) in [4.78, 5) is 16.0. The van der Waals surface area contributed by atoms with E-state index in [9.17, 15) is 10.1 Å². The molecule has 0 saturated carbocycles. The normalized spacial score (nSPS) is 12.2. The number of aromatic amines is 1. The van der Waals surface area contributed by atoms with Crippen LogP contribution < -0.4 is 5.56 Å². The summed E-state index contributed by atoms with van der Waals surface area (Å²) in [6.45, 7) is 0. The van der Waals surface area contributed by atoms with Crippen LogP contribution in [-0.2, 0) is 7.05 Å². The predicted octanol–water partition coefficient (Wildman–Crippen LogP) is 1.97. The molecule has 0 aliphatic carbocycles. The highest BCUT2D eigenvalue weighted by Crippen LogP contribution is 2.28. The molecule has 1 aromatic carbocycles. The van der Waals surface area contributed by atoms with Crippen LogP contribution in [0.2, 0.25) is 5.02 Å². The Hall–Kier alpha value is -2.65. The Morgan fingerprint density at radius 2 is 2.19 bits per heavy atom. The van der Waals surface area contributed by atoms with E-state index in [2.05, 4.69) is 21.3 Å². The number of H-pyrrole nitrogens is 1. The third-order valence-electron chi connectivity index (χ3n) is 3.34. The van der Waals surface area contributed by atoms with Crippen LogP contribution in [-0.4, -0.2) is 19.7 Å². The summed E-state index contributed by atoms with van der Waals surface area (Å²) in [7, 11) is 1.82. The van der Waals surface area contributed by atoms with Crippen molar-refractivity contribution in [2.75, 3.05) is 0 Å². The monoisotopic (exact) mass is 299 g/mol. The molecule has 6 nitrogen and oxygen atoms in total. The van der Waals surface area contributed by atoms with Gasteiger partial charge in [0.2, 0.25) is 0 Å². The molecule has 0 amide bonds. The first-order valence-electron chi connectivity index (χ1n) is 6.17. The highest BCUT2D eigenvalue weighted by molar-refractivity contribution is 6.31. The topological polar surface area (TPSA) is 87.4 Å². The van der Waals surface area contributed by atoms with E-state index in [-0.39, 0.29) is 5.02 Å². The van der Waals surface area contributed by atoms with Crippen molar-refractivity contribution >= 4 is 22.6 Å². The van der Waals surface area contributed by atoms with Gasteiger partial charge >= 0.3 is 0 Å². The molecule has 104 valence electrons. The molecule has 0 aliphatic rings. The summed E-state index contributed by atoms with van der Waals surface area (Å²) >= 11 is 6.00. The Morgan fingerprint density at radius 1 is 1.43 bits per heavy atom. The maximum absolute atomic E-state index is 11.6. The number of aryl methyl sites for hydroxylation is 1. The van der Waals surface area contributed by atoms with Crippen LogP contribution in [0.15, 0.2) is 35.3 Å². The molecule has 0 radical (unpaired) electrons. The van der Waals surface area contributed by atoms with Crippen LogP contribution in [0.4, 0.5) is 0 Å². The van der Waals surface area contributed by atoms with Crippen molar-refractivity contribution in [3.05, 3.63) is 57.2 Å². The molecule has 1 N–H and O–H groups in total. The molecule has 21 heavy (non-hydrogen) atoms. The van der Waals surface area contributed by atoms with E-state index in [0.29, 0.717) is 11.4 Å². The molecule has 3 rings (SSSR count). The van der Waals surface area contributed by atoms with Crippen LogP contribution >= 0.6 is 11.6 Å². The summed E-state index contributed by atoms with van der Waals surface area (Å²) in [6.07, 6.45) is 1.39. The van der Waals surface area contributed by atoms with Crippen LogP contribution in [0.5, 0.6) is 0 Å². The molecule has 1 unspecified atom stereocenters. The molecular formula is C14H10ClN5O. The number of imidazole rings is 1. The fourth-order valence-electron chi connectivity index (χ4n) is 2.29. The number of aromatic nitrogens is 4. The second-order valence-corrected chi connectivity index (χ2v) is 4.93. The number of nitriles is 1. The summed E-state index contributed by atoms with van der Waals surface area (Å²) in [6, 6.07) is 9.70. The van der Waals surface area contributed by atoms with E-state index in [1.54, 1.807) is 0 Å². The van der Waals surface area contributed by atoms with Gasteiger partial charge in [0.25, 0.3) is 5.56 Å². The Kier molecular flexibility index (Phi) is 3.20. The van der Waals surface area contributed by atoms with E-state index in [4.69, 9.17) is 11.6 Å². The van der Waals surface area contributed by atoms with Gasteiger partial charge in [0.1, 0.15) is 16.8 Å². The maximum atomic E-state index is 11.6. The van der Waals surface area contributed by atoms with Gasteiger partial charge in [0.05, 0.1) is 23.3 Å². The fourth-order valence-corrected chi connectivity index (χ4v) is 2.49. The summed E-state index contributed by atoms with van der Waals surface area (Å²) in [5, 5.41) is 15.4. The quantitative estimate of drug-likeness (QED) is 0.783. The standard InChI is InChI=1S/C14H10ClN5O/c1-20-11-5-3-2-4-10(11)18-13(20)8(6-16)9-7-17-19-14(21)12(9)15/h2-5,7-8H,1H3,(H,19,21). The highest BCUT2D eigenvalue weighted by atomic mass is 35.5. The second-order valence-electron chi connectivity index (χ2n) is 4.55. The van der Waals surface area contributed by atoms with Gasteiger partial charge in [0.15, 0.2) is 0 Å². The molecule has 7 heteroatoms. The van der Waals surface area contributed by atoms with Gasteiger partial charge in [0, 0.05) is 12.6 Å². The Balaban J connectivity index is 2.24. The Bertz CT molecular complexity index is 921. The lowest BCUT2D eigenvalue weighted by Gasteiger charge is -2.10. The first-order valence-corrected chi connectivity index (χ1v) is 6.55. The number of halogens is 1. The molecule has 0 bridgehead atoms. The first kappa shape index (κ1) is 13.3. The molecular weight excluding hydrogens is 290 g/mol. The zero-order valence-corrected chi connectivity index (χ0v) is 11.8. The van der Waals surface area contributed by atoms with Gasteiger partial charge in [-0.2, -0.15) is 10.4 Å². The van der Waals surface area contributed by atoms with E-state index < -0.39 is 11.5 Å². The van der Waals surface area contributed by atoms with E-state index in [1.165, 1.54) is 6.20 Å². The lowest BCUT2D eigenvalue weighted by atomic mass is 10.0. The SMILES string of the molecule is Cn1c(C(C#N)c2cn[nH]c(=O)c2Cl)nc2ccccc21. The first-order chi connectivity index (χ1) is 10.1. The molecule has 2 heterocycles. The number of nitrogens with zero attached hydrogens (tertiary/aromatic N) is 4. The summed E-state index contributed by atoms with van der Waals surface area (Å²) in [5.41, 5.74) is 1.51. The van der Waals surface area contributed by atoms with Crippen molar-refractivity contribution < 1.29 is 0 Å². The number of hydrogen-bond donors (Lipinski definition) is 1. The summed E-state index contributed by atoms with van der Waals surface area (Å²) in [5.74, 6) is -0.238. The molecule has 0 fully saturated rings. The third-order valence-corrected chi connectivity index (χ3v) is 3.73. The molecule has 2 aromatic heterocycles. The Labute approximate surface area is 124 Å². The van der Waals surface area contributed by atoms with Crippen LogP contribution in [0, 0.1) is 11.3 Å². The molecule has 1 atom stereocenters. The largest absolute Gasteiger partial charge is 0.330 e. The molecule has 0 spiro atoms. The second kappa shape index (κ2) is 5.04. The number of benzene rings is 1. The average Bonchev–Trinajstić information content (AvgIpc) is 2.82. The number of hydrogen-bond acceptors (Lipinski definition) is 4. The minimum Gasteiger partial charge on any atom is -0.330 e. The average molecular weight is 300 g/mol. The van der Waals surface area contributed by atoms with E-state index in [0.717, 1.165) is 11.0 Å². The molecule has 0 aliphatic heterocycles. The lowest BCUT2D eigenvalue weighted by Crippen LogP contribution is -2.15. The number of para-hydroxylation sites is 2. The number of fused-ring (bicyclic) bond motifs is 1. The highest BCUT2D eigenvalue weighted by Gasteiger charge is 2.24. The van der Waals surface area contributed by atoms with Crippen LogP contribution in [0.1, 0.15) is 17.3 Å². The van der Waals surface area contributed by atoms with Gasteiger partial charge in [-0.05, 0) is 12.1 Å². The van der Waals surface area contributed by atoms with E-state index >= 15 is 0 Å². The minimum absolute atomic E-state index is 0.0383. The third kappa shape index (κ3) is 2.08. The molecule has 0 saturated heterocycles. The number of nitrogens with one attached hydrogen (secondary N) is 1. The van der Waals surface area contributed by atoms with Crippen LogP contribution in [0.25, 0.3) is 11.0 Å². The van der Waals surface area contributed by atoms with Crippen LogP contribution in [0.3, 0.4) is 0 Å². The van der Waals surface area contributed by atoms with Gasteiger partial charge in [-0.1, -0.05) is 23.7 Å². The lowest BCUT2D eigenvalue weighted by molar-refractivity contribution is 0.791. The fraction of sp³-hybridized carbons (Fsp3) is 0.143. The summed E-state index contributed by atoms with van der Waals surface area (Å²) < 4.78 is 1.82. The van der Waals surface area contributed by atoms with Gasteiger partial charge in [-0.15, -0.1) is 0 Å². The zero-order valence-electron chi connectivity index (χ0n) is 11.0. The van der Waals surface area contributed by atoms with Gasteiger partial charge < -0.3 is 4.57 Å². The van der Waals surface area contributed by atoms with Crippen molar-refractivity contribution in [3.8, 4) is 6.07 Å². The van der Waals surface area contributed by atoms with Crippen molar-refractivity contribution in [1.82, 2.24) is 19.7 Å². The molecule has 3 aromatic rings. The van der Waals surface area contributed by atoms with Crippen molar-refractivity contribution in [1.29, 1.82) is 5.26 Å². The van der Waals surface area contributed by atoms with Gasteiger partial charge in [-0.3, -0.25) is 4.79 Å².